The molecule has 1 heterocycles. The minimum atomic E-state index is -0.404. The normalized spacial score (nSPS) is 20.7. The summed E-state index contributed by atoms with van der Waals surface area (Å²) in [5, 5.41) is 0. The average molecular weight is 315 g/mol. The zero-order chi connectivity index (χ0) is 16.2. The molecule has 1 aromatic rings. The topological polar surface area (TPSA) is 46.6 Å². The largest absolute Gasteiger partial charge is 0.467 e. The van der Waals surface area contributed by atoms with Crippen LogP contribution >= 0.6 is 0 Å². The average Bonchev–Trinajstić information content (AvgIpc) is 2.61. The molecule has 4 nitrogen and oxygen atoms in total. The Morgan fingerprint density at radius 2 is 1.91 bits per heavy atom. The van der Waals surface area contributed by atoms with Gasteiger partial charge in [0.2, 0.25) is 5.91 Å². The van der Waals surface area contributed by atoms with E-state index in [1.165, 1.54) is 31.1 Å². The summed E-state index contributed by atoms with van der Waals surface area (Å²) in [6.45, 7) is 0.656. The van der Waals surface area contributed by atoms with Crippen molar-refractivity contribution < 1.29 is 14.3 Å². The SMILES string of the molecule is COC(=O)C1CCCCN1C(=O)Cc1ccc2c(c1)CCCC2. The molecule has 1 unspecified atom stereocenters. The predicted octanol–water partition coefficient (Wildman–Crippen LogP) is 2.66. The van der Waals surface area contributed by atoms with Gasteiger partial charge in [-0.1, -0.05) is 18.2 Å². The summed E-state index contributed by atoms with van der Waals surface area (Å²) in [4.78, 5) is 26.3. The smallest absolute Gasteiger partial charge is 0.328 e. The lowest BCUT2D eigenvalue weighted by molar-refractivity contribution is -0.154. The highest BCUT2D eigenvalue weighted by atomic mass is 16.5. The van der Waals surface area contributed by atoms with Crippen molar-refractivity contribution in [2.24, 2.45) is 0 Å². The summed E-state index contributed by atoms with van der Waals surface area (Å²) >= 11 is 0. The molecule has 4 heteroatoms. The maximum Gasteiger partial charge on any atom is 0.328 e. The number of ether oxygens (including phenoxy) is 1. The number of hydrogen-bond donors (Lipinski definition) is 0. The Hall–Kier alpha value is -1.84. The number of hydrogen-bond acceptors (Lipinski definition) is 3. The fraction of sp³-hybridized carbons (Fsp3) is 0.579. The van der Waals surface area contributed by atoms with Crippen LogP contribution in [0.2, 0.25) is 0 Å². The first-order chi connectivity index (χ1) is 11.2. The molecule has 1 amide bonds. The quantitative estimate of drug-likeness (QED) is 0.806. The van der Waals surface area contributed by atoms with Gasteiger partial charge in [-0.3, -0.25) is 4.79 Å². The lowest BCUT2D eigenvalue weighted by atomic mass is 9.90. The Labute approximate surface area is 137 Å². The summed E-state index contributed by atoms with van der Waals surface area (Å²) in [5.41, 5.74) is 3.88. The number of rotatable bonds is 3. The van der Waals surface area contributed by atoms with E-state index in [1.54, 1.807) is 4.90 Å². The van der Waals surface area contributed by atoms with Gasteiger partial charge in [-0.05, 0) is 61.6 Å². The number of benzene rings is 1. The number of amides is 1. The van der Waals surface area contributed by atoms with Crippen molar-refractivity contribution in [3.05, 3.63) is 34.9 Å². The number of aryl methyl sites for hydroxylation is 2. The summed E-state index contributed by atoms with van der Waals surface area (Å²) < 4.78 is 4.86. The van der Waals surface area contributed by atoms with Crippen LogP contribution in [0.25, 0.3) is 0 Å². The molecule has 1 aliphatic carbocycles. The van der Waals surface area contributed by atoms with Crippen LogP contribution in [0.4, 0.5) is 0 Å². The van der Waals surface area contributed by atoms with Crippen molar-refractivity contribution in [2.45, 2.75) is 57.4 Å². The molecular formula is C19H25NO3. The molecule has 0 aromatic heterocycles. The second-order valence-electron chi connectivity index (χ2n) is 6.61. The summed E-state index contributed by atoms with van der Waals surface area (Å²) in [6.07, 6.45) is 7.79. The molecule has 3 rings (SSSR count). The Morgan fingerprint density at radius 1 is 1.13 bits per heavy atom. The van der Waals surface area contributed by atoms with E-state index in [4.69, 9.17) is 4.74 Å². The van der Waals surface area contributed by atoms with Gasteiger partial charge in [-0.2, -0.15) is 0 Å². The molecule has 124 valence electrons. The van der Waals surface area contributed by atoms with Crippen LogP contribution in [0.3, 0.4) is 0 Å². The van der Waals surface area contributed by atoms with Crippen molar-refractivity contribution in [1.29, 1.82) is 0 Å². The number of methoxy groups -OCH3 is 1. The second kappa shape index (κ2) is 7.16. The van der Waals surface area contributed by atoms with Crippen LogP contribution in [-0.2, 0) is 33.6 Å². The molecule has 0 spiro atoms. The number of carbonyl (C=O) groups excluding carboxylic acids is 2. The molecule has 1 aromatic carbocycles. The third-order valence-electron chi connectivity index (χ3n) is 5.06. The Morgan fingerprint density at radius 3 is 2.70 bits per heavy atom. The number of carbonyl (C=O) groups is 2. The van der Waals surface area contributed by atoms with Crippen LogP contribution in [0.1, 0.15) is 48.8 Å². The zero-order valence-corrected chi connectivity index (χ0v) is 13.8. The third-order valence-corrected chi connectivity index (χ3v) is 5.06. The number of fused-ring (bicyclic) bond motifs is 1. The first-order valence-electron chi connectivity index (χ1n) is 8.67. The Balaban J connectivity index is 1.71. The highest BCUT2D eigenvalue weighted by Crippen LogP contribution is 2.24. The minimum absolute atomic E-state index is 0.0378. The van der Waals surface area contributed by atoms with Gasteiger partial charge in [0.1, 0.15) is 6.04 Å². The van der Waals surface area contributed by atoms with Gasteiger partial charge >= 0.3 is 5.97 Å². The van der Waals surface area contributed by atoms with Crippen molar-refractivity contribution in [1.82, 2.24) is 4.90 Å². The zero-order valence-electron chi connectivity index (χ0n) is 13.8. The van der Waals surface area contributed by atoms with E-state index in [2.05, 4.69) is 18.2 Å². The fourth-order valence-corrected chi connectivity index (χ4v) is 3.78. The van der Waals surface area contributed by atoms with Gasteiger partial charge in [0.25, 0.3) is 0 Å². The molecule has 0 saturated carbocycles. The van der Waals surface area contributed by atoms with Crippen LogP contribution in [0.5, 0.6) is 0 Å². The summed E-state index contributed by atoms with van der Waals surface area (Å²) in [5.74, 6) is -0.251. The molecule has 0 N–H and O–H groups in total. The van der Waals surface area contributed by atoms with Crippen molar-refractivity contribution in [3.63, 3.8) is 0 Å². The first kappa shape index (κ1) is 16.0. The van der Waals surface area contributed by atoms with Gasteiger partial charge in [-0.15, -0.1) is 0 Å². The summed E-state index contributed by atoms with van der Waals surface area (Å²) in [6, 6.07) is 6.02. The van der Waals surface area contributed by atoms with Crippen LogP contribution in [-0.4, -0.2) is 36.5 Å². The highest BCUT2D eigenvalue weighted by molar-refractivity contribution is 5.86. The van der Waals surface area contributed by atoms with Gasteiger partial charge in [0, 0.05) is 6.54 Å². The number of likely N-dealkylation sites (tertiary alicyclic amines) is 1. The van der Waals surface area contributed by atoms with Crippen molar-refractivity contribution >= 4 is 11.9 Å². The maximum absolute atomic E-state index is 12.7. The van der Waals surface area contributed by atoms with E-state index in [0.717, 1.165) is 31.2 Å². The molecule has 23 heavy (non-hydrogen) atoms. The molecule has 1 aliphatic heterocycles. The minimum Gasteiger partial charge on any atom is -0.467 e. The van der Waals surface area contributed by atoms with E-state index >= 15 is 0 Å². The maximum atomic E-state index is 12.7. The van der Waals surface area contributed by atoms with Crippen molar-refractivity contribution in [2.75, 3.05) is 13.7 Å². The first-order valence-corrected chi connectivity index (χ1v) is 8.67. The molecule has 1 atom stereocenters. The number of esters is 1. The van der Waals surface area contributed by atoms with Gasteiger partial charge < -0.3 is 9.64 Å². The predicted molar refractivity (Wildman–Crippen MR) is 88.2 cm³/mol. The van der Waals surface area contributed by atoms with E-state index in [9.17, 15) is 9.59 Å². The summed E-state index contributed by atoms with van der Waals surface area (Å²) in [7, 11) is 1.39. The Kier molecular flexibility index (Phi) is 4.99. The number of nitrogens with zero attached hydrogens (tertiary/aromatic N) is 1. The van der Waals surface area contributed by atoms with E-state index < -0.39 is 6.04 Å². The van der Waals surface area contributed by atoms with E-state index in [-0.39, 0.29) is 11.9 Å². The second-order valence-corrected chi connectivity index (χ2v) is 6.61. The van der Waals surface area contributed by atoms with Gasteiger partial charge in [-0.25, -0.2) is 4.79 Å². The third kappa shape index (κ3) is 3.57. The van der Waals surface area contributed by atoms with Crippen molar-refractivity contribution in [3.8, 4) is 0 Å². The monoisotopic (exact) mass is 315 g/mol. The lowest BCUT2D eigenvalue weighted by Gasteiger charge is -2.34. The Bertz CT molecular complexity index is 596. The fourth-order valence-electron chi connectivity index (χ4n) is 3.78. The van der Waals surface area contributed by atoms with E-state index in [1.807, 2.05) is 0 Å². The van der Waals surface area contributed by atoms with Crippen LogP contribution in [0.15, 0.2) is 18.2 Å². The molecule has 0 bridgehead atoms. The standard InChI is InChI=1S/C19H25NO3/c1-23-19(22)17-8-4-5-11-20(17)18(21)13-14-9-10-15-6-2-3-7-16(15)12-14/h9-10,12,17H,2-8,11,13H2,1H3. The highest BCUT2D eigenvalue weighted by Gasteiger charge is 2.32. The molecular weight excluding hydrogens is 290 g/mol. The number of piperidine rings is 1. The van der Waals surface area contributed by atoms with Crippen LogP contribution < -0.4 is 0 Å². The lowest BCUT2D eigenvalue weighted by Crippen LogP contribution is -2.49. The molecule has 1 fully saturated rings. The van der Waals surface area contributed by atoms with Crippen LogP contribution in [0, 0.1) is 0 Å². The molecule has 1 saturated heterocycles. The van der Waals surface area contributed by atoms with Gasteiger partial charge in [0.05, 0.1) is 13.5 Å². The van der Waals surface area contributed by atoms with E-state index in [0.29, 0.717) is 19.4 Å². The van der Waals surface area contributed by atoms with Gasteiger partial charge in [0.15, 0.2) is 0 Å². The molecule has 0 radical (unpaired) electrons. The molecule has 2 aliphatic rings.